The largest absolute Gasteiger partial charge is 0.378 e. The van der Waals surface area contributed by atoms with Crippen molar-refractivity contribution in [3.63, 3.8) is 0 Å². The fourth-order valence-corrected chi connectivity index (χ4v) is 2.80. The van der Waals surface area contributed by atoms with Crippen molar-refractivity contribution in [1.29, 1.82) is 0 Å². The molecule has 1 aliphatic rings. The molecule has 0 bridgehead atoms. The lowest BCUT2D eigenvalue weighted by atomic mass is 10.1. The van der Waals surface area contributed by atoms with Gasteiger partial charge in [0.05, 0.1) is 24.1 Å². The van der Waals surface area contributed by atoms with Crippen molar-refractivity contribution in [2.45, 2.75) is 19.1 Å². The van der Waals surface area contributed by atoms with Gasteiger partial charge in [-0.05, 0) is 24.6 Å². The number of hydrogen-bond acceptors (Lipinski definition) is 7. The van der Waals surface area contributed by atoms with Crippen molar-refractivity contribution in [3.8, 4) is 0 Å². The average Bonchev–Trinajstić information content (AvgIpc) is 2.55. The van der Waals surface area contributed by atoms with Crippen molar-refractivity contribution in [1.82, 2.24) is 9.97 Å². The Hall–Kier alpha value is -2.45. The molecule has 9 heteroatoms. The third kappa shape index (κ3) is 3.24. The first kappa shape index (κ1) is 16.4. The van der Waals surface area contributed by atoms with Crippen LogP contribution in [0.25, 0.3) is 0 Å². The highest BCUT2D eigenvalue weighted by atomic mass is 35.5. The smallest absolute Gasteiger partial charge is 0.329 e. The Labute approximate surface area is 143 Å². The summed E-state index contributed by atoms with van der Waals surface area (Å²) in [4.78, 5) is 20.3. The van der Waals surface area contributed by atoms with Crippen LogP contribution >= 0.6 is 11.6 Å². The maximum Gasteiger partial charge on any atom is 0.329 e. The van der Waals surface area contributed by atoms with E-state index in [9.17, 15) is 10.1 Å². The van der Waals surface area contributed by atoms with Crippen LogP contribution in [0.5, 0.6) is 0 Å². The Bertz CT molecular complexity index is 773. The minimum absolute atomic E-state index is 0.0151. The third-order valence-corrected chi connectivity index (χ3v) is 4.13. The summed E-state index contributed by atoms with van der Waals surface area (Å²) in [5.41, 5.74) is 6.33. The predicted octanol–water partition coefficient (Wildman–Crippen LogP) is 2.59. The van der Waals surface area contributed by atoms with Crippen LogP contribution in [0.3, 0.4) is 0 Å². The highest BCUT2D eigenvalue weighted by molar-refractivity contribution is 6.30. The van der Waals surface area contributed by atoms with Gasteiger partial charge in [0.2, 0.25) is 11.8 Å². The number of aromatic nitrogens is 2. The predicted molar refractivity (Wildman–Crippen MR) is 90.1 cm³/mol. The van der Waals surface area contributed by atoms with Gasteiger partial charge in [0.15, 0.2) is 0 Å². The van der Waals surface area contributed by atoms with Gasteiger partial charge in [0.1, 0.15) is 12.3 Å². The number of halogens is 1. The minimum atomic E-state index is -0.601. The number of nitrogens with zero attached hydrogens (tertiary/aromatic N) is 4. The van der Waals surface area contributed by atoms with Gasteiger partial charge >= 0.3 is 5.69 Å². The maximum absolute atomic E-state index is 10.8. The normalized spacial score (nSPS) is 20.8. The van der Waals surface area contributed by atoms with Crippen LogP contribution in [0.15, 0.2) is 30.5 Å². The second kappa shape index (κ2) is 6.58. The van der Waals surface area contributed by atoms with E-state index in [0.717, 1.165) is 11.8 Å². The molecule has 0 radical (unpaired) electrons. The van der Waals surface area contributed by atoms with Crippen LogP contribution in [0.4, 0.5) is 17.5 Å². The summed E-state index contributed by atoms with van der Waals surface area (Å²) < 4.78 is 5.88. The van der Waals surface area contributed by atoms with Crippen LogP contribution in [-0.2, 0) is 4.74 Å². The van der Waals surface area contributed by atoms with E-state index < -0.39 is 4.92 Å². The molecule has 0 aliphatic carbocycles. The number of nitrogens with two attached hydrogens (primary N) is 1. The number of hydrogen-bond donors (Lipinski definition) is 1. The Morgan fingerprint density at radius 3 is 2.96 bits per heavy atom. The summed E-state index contributed by atoms with van der Waals surface area (Å²) in [6.07, 6.45) is 0.939. The monoisotopic (exact) mass is 349 g/mol. The Balaban J connectivity index is 1.86. The number of benzene rings is 1. The van der Waals surface area contributed by atoms with E-state index in [1.54, 1.807) is 6.07 Å². The standard InChI is InChI=1S/C15H16ClN5O3/c1-9-8-24-13(10-3-2-4-11(16)5-10)7-20(9)15-18-6-12(21(22)23)14(17)19-15/h2-6,9,13H,7-8H2,1H3,(H2,17,18,19). The zero-order valence-electron chi connectivity index (χ0n) is 12.9. The highest BCUT2D eigenvalue weighted by Gasteiger charge is 2.30. The molecule has 8 nitrogen and oxygen atoms in total. The van der Waals surface area contributed by atoms with Crippen molar-refractivity contribution < 1.29 is 9.66 Å². The lowest BCUT2D eigenvalue weighted by Gasteiger charge is -2.38. The lowest BCUT2D eigenvalue weighted by molar-refractivity contribution is -0.384. The number of ether oxygens (including phenoxy) is 1. The quantitative estimate of drug-likeness (QED) is 0.670. The summed E-state index contributed by atoms with van der Waals surface area (Å²) in [5.74, 6) is 0.198. The van der Waals surface area contributed by atoms with E-state index in [2.05, 4.69) is 9.97 Å². The number of rotatable bonds is 3. The molecule has 2 heterocycles. The molecule has 2 N–H and O–H groups in total. The number of anilines is 2. The summed E-state index contributed by atoms with van der Waals surface area (Å²) in [5, 5.41) is 11.5. The van der Waals surface area contributed by atoms with E-state index in [1.807, 2.05) is 30.0 Å². The van der Waals surface area contributed by atoms with Gasteiger partial charge in [0, 0.05) is 5.02 Å². The van der Waals surface area contributed by atoms with Gasteiger partial charge in [-0.15, -0.1) is 0 Å². The molecular formula is C15H16ClN5O3. The number of nitrogen functional groups attached to an aromatic ring is 1. The maximum atomic E-state index is 10.8. The average molecular weight is 350 g/mol. The molecule has 1 aromatic heterocycles. The van der Waals surface area contributed by atoms with Crippen molar-refractivity contribution in [2.75, 3.05) is 23.8 Å². The molecule has 0 saturated carbocycles. The van der Waals surface area contributed by atoms with Gasteiger partial charge in [-0.2, -0.15) is 4.98 Å². The molecule has 0 amide bonds. The molecule has 1 aromatic carbocycles. The van der Waals surface area contributed by atoms with Gasteiger partial charge < -0.3 is 15.4 Å². The number of morpholine rings is 1. The zero-order chi connectivity index (χ0) is 17.3. The molecule has 24 heavy (non-hydrogen) atoms. The van der Waals surface area contributed by atoms with Gasteiger partial charge in [-0.3, -0.25) is 10.1 Å². The second-order valence-corrected chi connectivity index (χ2v) is 6.01. The van der Waals surface area contributed by atoms with Crippen LogP contribution < -0.4 is 10.6 Å². The van der Waals surface area contributed by atoms with Crippen LogP contribution in [0, 0.1) is 10.1 Å². The molecule has 3 rings (SSSR count). The molecule has 2 aromatic rings. The molecule has 2 unspecified atom stereocenters. The van der Waals surface area contributed by atoms with Gasteiger partial charge in [-0.1, -0.05) is 23.7 Å². The van der Waals surface area contributed by atoms with E-state index in [-0.39, 0.29) is 23.7 Å². The van der Waals surface area contributed by atoms with Crippen molar-refractivity contribution in [2.24, 2.45) is 0 Å². The van der Waals surface area contributed by atoms with Gasteiger partial charge in [-0.25, -0.2) is 4.98 Å². The summed E-state index contributed by atoms with van der Waals surface area (Å²) >= 11 is 6.04. The summed E-state index contributed by atoms with van der Waals surface area (Å²) in [6, 6.07) is 7.47. The van der Waals surface area contributed by atoms with E-state index >= 15 is 0 Å². The first-order valence-electron chi connectivity index (χ1n) is 7.36. The first-order valence-corrected chi connectivity index (χ1v) is 7.74. The van der Waals surface area contributed by atoms with Crippen LogP contribution in [-0.4, -0.2) is 34.1 Å². The van der Waals surface area contributed by atoms with Gasteiger partial charge in [0.25, 0.3) is 0 Å². The third-order valence-electron chi connectivity index (χ3n) is 3.89. The topological polar surface area (TPSA) is 107 Å². The van der Waals surface area contributed by atoms with Crippen LogP contribution in [0.2, 0.25) is 5.02 Å². The molecule has 1 aliphatic heterocycles. The molecule has 2 atom stereocenters. The zero-order valence-corrected chi connectivity index (χ0v) is 13.7. The molecular weight excluding hydrogens is 334 g/mol. The fourth-order valence-electron chi connectivity index (χ4n) is 2.60. The summed E-state index contributed by atoms with van der Waals surface area (Å²) in [6.45, 7) is 2.94. The Morgan fingerprint density at radius 2 is 2.29 bits per heavy atom. The van der Waals surface area contributed by atoms with Crippen molar-refractivity contribution in [3.05, 3.63) is 51.2 Å². The van der Waals surface area contributed by atoms with E-state index in [4.69, 9.17) is 22.1 Å². The van der Waals surface area contributed by atoms with E-state index in [0.29, 0.717) is 24.1 Å². The number of nitro groups is 1. The Morgan fingerprint density at radius 1 is 1.50 bits per heavy atom. The van der Waals surface area contributed by atoms with Crippen LogP contribution in [0.1, 0.15) is 18.6 Å². The molecule has 1 fully saturated rings. The molecule has 126 valence electrons. The van der Waals surface area contributed by atoms with Crippen molar-refractivity contribution >= 4 is 29.1 Å². The second-order valence-electron chi connectivity index (χ2n) is 5.58. The van der Waals surface area contributed by atoms with E-state index in [1.165, 1.54) is 0 Å². The SMILES string of the molecule is CC1COC(c2cccc(Cl)c2)CN1c1ncc([N+](=O)[O-])c(N)n1. The minimum Gasteiger partial charge on any atom is -0.378 e. The molecule has 0 spiro atoms. The Kier molecular flexibility index (Phi) is 4.50. The summed E-state index contributed by atoms with van der Waals surface area (Å²) in [7, 11) is 0. The lowest BCUT2D eigenvalue weighted by Crippen LogP contribution is -2.46. The fraction of sp³-hybridized carbons (Fsp3) is 0.333. The highest BCUT2D eigenvalue weighted by Crippen LogP contribution is 2.30. The first-order chi connectivity index (χ1) is 11.5. The molecule has 1 saturated heterocycles.